The molecule has 0 aromatic rings. The molecule has 0 saturated carbocycles. The topological polar surface area (TPSA) is 74.4 Å². The van der Waals surface area contributed by atoms with Crippen LogP contribution in [0.25, 0.3) is 0 Å². The monoisotopic (exact) mass is 356 g/mol. The highest BCUT2D eigenvalue weighted by Gasteiger charge is 2.29. The molecule has 2 amide bonds. The molecular formula is C17H32N4O4. The van der Waals surface area contributed by atoms with Gasteiger partial charge in [-0.15, -0.1) is 0 Å². The van der Waals surface area contributed by atoms with Crippen LogP contribution in [0.15, 0.2) is 0 Å². The Morgan fingerprint density at radius 2 is 1.80 bits per heavy atom. The highest BCUT2D eigenvalue weighted by molar-refractivity contribution is 5.81. The first-order chi connectivity index (χ1) is 12.1. The summed E-state index contributed by atoms with van der Waals surface area (Å²) in [4.78, 5) is 30.8. The smallest absolute Gasteiger partial charge is 0.239 e. The quantitative estimate of drug-likeness (QED) is 0.563. The average Bonchev–Trinajstić information content (AvgIpc) is 2.65. The van der Waals surface area contributed by atoms with E-state index in [0.717, 1.165) is 32.6 Å². The van der Waals surface area contributed by atoms with Crippen molar-refractivity contribution in [3.05, 3.63) is 0 Å². The number of morpholine rings is 1. The van der Waals surface area contributed by atoms with Gasteiger partial charge in [-0.3, -0.25) is 19.4 Å². The Morgan fingerprint density at radius 1 is 1.12 bits per heavy atom. The second-order valence-electron chi connectivity index (χ2n) is 6.62. The molecule has 2 aliphatic rings. The Balaban J connectivity index is 1.66. The Morgan fingerprint density at radius 3 is 2.44 bits per heavy atom. The van der Waals surface area contributed by atoms with Gasteiger partial charge in [-0.2, -0.15) is 0 Å². The predicted molar refractivity (Wildman–Crippen MR) is 94.4 cm³/mol. The van der Waals surface area contributed by atoms with Crippen molar-refractivity contribution in [1.29, 1.82) is 0 Å². The van der Waals surface area contributed by atoms with Gasteiger partial charge in [0.25, 0.3) is 0 Å². The Hall–Kier alpha value is -1.22. The fourth-order valence-electron chi connectivity index (χ4n) is 3.22. The van der Waals surface area contributed by atoms with Gasteiger partial charge in [-0.1, -0.05) is 0 Å². The summed E-state index contributed by atoms with van der Waals surface area (Å²) in [5.41, 5.74) is 0. The maximum Gasteiger partial charge on any atom is 0.239 e. The first-order valence-electron chi connectivity index (χ1n) is 9.20. The fourth-order valence-corrected chi connectivity index (χ4v) is 3.22. The van der Waals surface area contributed by atoms with Gasteiger partial charge in [-0.05, 0) is 13.3 Å². The second-order valence-corrected chi connectivity index (χ2v) is 6.62. The molecule has 0 radical (unpaired) electrons. The number of carbonyl (C=O) groups excluding carboxylic acids is 2. The van der Waals surface area contributed by atoms with E-state index >= 15 is 0 Å². The van der Waals surface area contributed by atoms with Crippen LogP contribution in [0.2, 0.25) is 0 Å². The van der Waals surface area contributed by atoms with E-state index in [2.05, 4.69) is 15.1 Å². The van der Waals surface area contributed by atoms with Crippen molar-refractivity contribution in [2.24, 2.45) is 0 Å². The van der Waals surface area contributed by atoms with E-state index in [4.69, 9.17) is 9.47 Å². The Bertz CT molecular complexity index is 421. The maximum absolute atomic E-state index is 12.6. The van der Waals surface area contributed by atoms with Crippen molar-refractivity contribution >= 4 is 11.8 Å². The van der Waals surface area contributed by atoms with Crippen LogP contribution in [0, 0.1) is 0 Å². The van der Waals surface area contributed by atoms with E-state index in [1.54, 1.807) is 7.11 Å². The van der Waals surface area contributed by atoms with Gasteiger partial charge >= 0.3 is 0 Å². The zero-order valence-electron chi connectivity index (χ0n) is 15.5. The van der Waals surface area contributed by atoms with E-state index in [-0.39, 0.29) is 17.9 Å². The first kappa shape index (κ1) is 20.1. The molecule has 1 N–H and O–H groups in total. The number of amides is 2. The van der Waals surface area contributed by atoms with Gasteiger partial charge in [0.05, 0.1) is 25.8 Å². The molecule has 2 aliphatic heterocycles. The summed E-state index contributed by atoms with van der Waals surface area (Å²) >= 11 is 0. The SMILES string of the molecule is COCCCNC(=O)CN1CCN(C(C)C(=O)N2CCOCC2)CC1. The highest BCUT2D eigenvalue weighted by Crippen LogP contribution is 2.10. The molecule has 0 aliphatic carbocycles. The molecule has 0 aromatic carbocycles. The maximum atomic E-state index is 12.6. The number of hydrogen-bond acceptors (Lipinski definition) is 6. The van der Waals surface area contributed by atoms with Gasteiger partial charge in [0.1, 0.15) is 0 Å². The van der Waals surface area contributed by atoms with Gasteiger partial charge in [-0.25, -0.2) is 0 Å². The molecule has 144 valence electrons. The molecule has 0 bridgehead atoms. The summed E-state index contributed by atoms with van der Waals surface area (Å²) in [5.74, 6) is 0.245. The largest absolute Gasteiger partial charge is 0.385 e. The van der Waals surface area contributed by atoms with Crippen LogP contribution in [0.1, 0.15) is 13.3 Å². The number of rotatable bonds is 8. The number of piperazine rings is 1. The molecule has 8 heteroatoms. The lowest BCUT2D eigenvalue weighted by molar-refractivity contribution is -0.141. The number of ether oxygens (including phenoxy) is 2. The summed E-state index contributed by atoms with van der Waals surface area (Å²) in [6.45, 7) is 9.60. The third kappa shape index (κ3) is 6.54. The molecule has 1 unspecified atom stereocenters. The minimum atomic E-state index is -0.108. The van der Waals surface area contributed by atoms with Crippen LogP contribution >= 0.6 is 0 Å². The number of hydrogen-bond donors (Lipinski definition) is 1. The van der Waals surface area contributed by atoms with Crippen molar-refractivity contribution in [2.45, 2.75) is 19.4 Å². The van der Waals surface area contributed by atoms with E-state index in [9.17, 15) is 9.59 Å². The van der Waals surface area contributed by atoms with Gasteiger partial charge in [0.15, 0.2) is 0 Å². The zero-order valence-corrected chi connectivity index (χ0v) is 15.5. The summed E-state index contributed by atoms with van der Waals surface area (Å²) in [5, 5.41) is 2.91. The average molecular weight is 356 g/mol. The molecule has 2 heterocycles. The van der Waals surface area contributed by atoms with Crippen LogP contribution in [0.3, 0.4) is 0 Å². The number of nitrogens with zero attached hydrogens (tertiary/aromatic N) is 3. The van der Waals surface area contributed by atoms with E-state index < -0.39 is 0 Å². The van der Waals surface area contributed by atoms with E-state index in [1.807, 2.05) is 11.8 Å². The van der Waals surface area contributed by atoms with Crippen LogP contribution in [0.4, 0.5) is 0 Å². The molecule has 8 nitrogen and oxygen atoms in total. The number of nitrogens with one attached hydrogen (secondary N) is 1. The van der Waals surface area contributed by atoms with Crippen LogP contribution in [-0.2, 0) is 19.1 Å². The van der Waals surface area contributed by atoms with Crippen molar-refractivity contribution in [2.75, 3.05) is 79.3 Å². The van der Waals surface area contributed by atoms with Crippen molar-refractivity contribution in [1.82, 2.24) is 20.0 Å². The first-order valence-corrected chi connectivity index (χ1v) is 9.20. The fraction of sp³-hybridized carbons (Fsp3) is 0.882. The van der Waals surface area contributed by atoms with Crippen LogP contribution in [0.5, 0.6) is 0 Å². The van der Waals surface area contributed by atoms with E-state index in [1.165, 1.54) is 0 Å². The molecule has 0 spiro atoms. The molecule has 2 saturated heterocycles. The Labute approximate surface area is 150 Å². The van der Waals surface area contributed by atoms with Gasteiger partial charge in [0.2, 0.25) is 11.8 Å². The molecular weight excluding hydrogens is 324 g/mol. The lowest BCUT2D eigenvalue weighted by Gasteiger charge is -2.39. The number of carbonyl (C=O) groups is 2. The normalized spacial score (nSPS) is 21.1. The summed E-state index contributed by atoms with van der Waals surface area (Å²) in [7, 11) is 1.66. The van der Waals surface area contributed by atoms with Gasteiger partial charge in [0, 0.05) is 59.5 Å². The second kappa shape index (κ2) is 10.7. The van der Waals surface area contributed by atoms with Crippen molar-refractivity contribution < 1.29 is 19.1 Å². The summed E-state index contributed by atoms with van der Waals surface area (Å²) < 4.78 is 10.3. The van der Waals surface area contributed by atoms with E-state index in [0.29, 0.717) is 46.0 Å². The molecule has 1 atom stereocenters. The summed E-state index contributed by atoms with van der Waals surface area (Å²) in [6, 6.07) is -0.108. The summed E-state index contributed by atoms with van der Waals surface area (Å²) in [6.07, 6.45) is 0.831. The van der Waals surface area contributed by atoms with Crippen LogP contribution in [-0.4, -0.2) is 112 Å². The minimum absolute atomic E-state index is 0.0574. The van der Waals surface area contributed by atoms with Crippen LogP contribution < -0.4 is 5.32 Å². The molecule has 2 rings (SSSR count). The molecule has 25 heavy (non-hydrogen) atoms. The molecule has 0 aromatic heterocycles. The third-order valence-electron chi connectivity index (χ3n) is 4.85. The van der Waals surface area contributed by atoms with Crippen molar-refractivity contribution in [3.63, 3.8) is 0 Å². The Kier molecular flexibility index (Phi) is 8.60. The molecule has 2 fully saturated rings. The van der Waals surface area contributed by atoms with Gasteiger partial charge < -0.3 is 19.7 Å². The standard InChI is InChI=1S/C17H32N4O4/c1-15(17(23)21-9-12-25-13-10-21)20-7-5-19(6-8-20)14-16(22)18-4-3-11-24-2/h15H,3-14H2,1-2H3,(H,18,22). The lowest BCUT2D eigenvalue weighted by atomic mass is 10.2. The lowest BCUT2D eigenvalue weighted by Crippen LogP contribution is -2.56. The minimum Gasteiger partial charge on any atom is -0.385 e. The third-order valence-corrected chi connectivity index (χ3v) is 4.85. The number of methoxy groups -OCH3 is 1. The highest BCUT2D eigenvalue weighted by atomic mass is 16.5. The zero-order chi connectivity index (χ0) is 18.1. The van der Waals surface area contributed by atoms with Crippen molar-refractivity contribution in [3.8, 4) is 0 Å². The predicted octanol–water partition coefficient (Wildman–Crippen LogP) is -0.996.